The van der Waals surface area contributed by atoms with Crippen LogP contribution in [0.3, 0.4) is 0 Å². The third-order valence-electron chi connectivity index (χ3n) is 4.76. The van der Waals surface area contributed by atoms with E-state index in [1.54, 1.807) is 18.7 Å². The van der Waals surface area contributed by atoms with Crippen LogP contribution in [-0.4, -0.2) is 49.1 Å². The highest BCUT2D eigenvalue weighted by Gasteiger charge is 2.28. The van der Waals surface area contributed by atoms with Gasteiger partial charge in [-0.15, -0.1) is 0 Å². The van der Waals surface area contributed by atoms with Gasteiger partial charge in [-0.3, -0.25) is 4.79 Å². The van der Waals surface area contributed by atoms with Crippen molar-refractivity contribution in [2.75, 3.05) is 31.1 Å². The number of anilines is 1. The van der Waals surface area contributed by atoms with Crippen LogP contribution in [0.15, 0.2) is 48.5 Å². The Morgan fingerprint density at radius 2 is 1.70 bits per heavy atom. The second kappa shape index (κ2) is 8.20. The summed E-state index contributed by atoms with van der Waals surface area (Å²) in [5.41, 5.74) is 1.88. The second-order valence-corrected chi connectivity index (χ2v) is 6.65. The zero-order valence-electron chi connectivity index (χ0n) is 15.5. The summed E-state index contributed by atoms with van der Waals surface area (Å²) in [6.07, 6.45) is -0.913. The molecule has 0 saturated carbocycles. The minimum absolute atomic E-state index is 0.142. The Kier molecular flexibility index (Phi) is 5.74. The number of aryl methyl sites for hydroxylation is 1. The lowest BCUT2D eigenvalue weighted by molar-refractivity contribution is -0.140. The molecule has 0 aliphatic carbocycles. The summed E-state index contributed by atoms with van der Waals surface area (Å²) in [7, 11) is 0. The molecule has 1 aliphatic heterocycles. The van der Waals surface area contributed by atoms with Gasteiger partial charge in [-0.25, -0.2) is 9.18 Å². The molecule has 3 rings (SSSR count). The Hall–Kier alpha value is -2.89. The third kappa shape index (κ3) is 4.45. The Morgan fingerprint density at radius 3 is 2.37 bits per heavy atom. The van der Waals surface area contributed by atoms with Crippen molar-refractivity contribution >= 4 is 17.6 Å². The summed E-state index contributed by atoms with van der Waals surface area (Å²) in [5.74, 6) is -1.43. The van der Waals surface area contributed by atoms with E-state index in [0.717, 1.165) is 24.8 Å². The standard InChI is InChI=1S/C21H23FN2O3/c1-15-8-9-17(22)14-19(15)21(26)27-16(2)20(25)24-12-10-23(11-13-24)18-6-4-3-5-7-18/h3-9,14,16H,10-13H2,1-2H3. The van der Waals surface area contributed by atoms with Crippen molar-refractivity contribution in [3.05, 3.63) is 65.5 Å². The van der Waals surface area contributed by atoms with Crippen LogP contribution >= 0.6 is 0 Å². The largest absolute Gasteiger partial charge is 0.449 e. The van der Waals surface area contributed by atoms with Gasteiger partial charge in [-0.05, 0) is 43.7 Å². The molecule has 0 bridgehead atoms. The summed E-state index contributed by atoms with van der Waals surface area (Å²) < 4.78 is 18.7. The monoisotopic (exact) mass is 370 g/mol. The van der Waals surface area contributed by atoms with Crippen molar-refractivity contribution in [1.82, 2.24) is 4.90 Å². The average molecular weight is 370 g/mol. The number of halogens is 1. The van der Waals surface area contributed by atoms with Gasteiger partial charge >= 0.3 is 5.97 Å². The highest BCUT2D eigenvalue weighted by molar-refractivity contribution is 5.93. The zero-order valence-corrected chi connectivity index (χ0v) is 15.5. The van der Waals surface area contributed by atoms with E-state index in [1.807, 2.05) is 30.3 Å². The number of para-hydroxylation sites is 1. The molecule has 2 aromatic carbocycles. The number of piperazine rings is 1. The summed E-state index contributed by atoms with van der Waals surface area (Å²) >= 11 is 0. The quantitative estimate of drug-likeness (QED) is 0.777. The molecule has 0 N–H and O–H groups in total. The van der Waals surface area contributed by atoms with E-state index in [4.69, 9.17) is 4.74 Å². The number of carbonyl (C=O) groups excluding carboxylic acids is 2. The van der Waals surface area contributed by atoms with Crippen molar-refractivity contribution in [3.63, 3.8) is 0 Å². The zero-order chi connectivity index (χ0) is 19.4. The van der Waals surface area contributed by atoms with Crippen LogP contribution in [0.2, 0.25) is 0 Å². The van der Waals surface area contributed by atoms with E-state index in [9.17, 15) is 14.0 Å². The average Bonchev–Trinajstić information content (AvgIpc) is 2.70. The fourth-order valence-electron chi connectivity index (χ4n) is 3.17. The number of carbonyl (C=O) groups is 2. The van der Waals surface area contributed by atoms with Crippen LogP contribution in [0.5, 0.6) is 0 Å². The fourth-order valence-corrected chi connectivity index (χ4v) is 3.17. The Morgan fingerprint density at radius 1 is 1.04 bits per heavy atom. The first kappa shape index (κ1) is 18.9. The predicted molar refractivity (Wildman–Crippen MR) is 101 cm³/mol. The fraction of sp³-hybridized carbons (Fsp3) is 0.333. The topological polar surface area (TPSA) is 49.9 Å². The van der Waals surface area contributed by atoms with Crippen molar-refractivity contribution in [2.45, 2.75) is 20.0 Å². The molecule has 142 valence electrons. The van der Waals surface area contributed by atoms with E-state index in [0.29, 0.717) is 18.7 Å². The molecule has 1 unspecified atom stereocenters. The first-order valence-electron chi connectivity index (χ1n) is 9.01. The Balaban J connectivity index is 1.56. The SMILES string of the molecule is Cc1ccc(F)cc1C(=O)OC(C)C(=O)N1CCN(c2ccccc2)CC1. The first-order chi connectivity index (χ1) is 13.0. The lowest BCUT2D eigenvalue weighted by Crippen LogP contribution is -2.51. The van der Waals surface area contributed by atoms with Gasteiger partial charge in [0.15, 0.2) is 6.10 Å². The van der Waals surface area contributed by atoms with Crippen LogP contribution in [0, 0.1) is 12.7 Å². The third-order valence-corrected chi connectivity index (χ3v) is 4.76. The van der Waals surface area contributed by atoms with Crippen molar-refractivity contribution in [1.29, 1.82) is 0 Å². The summed E-state index contributed by atoms with van der Waals surface area (Å²) in [5, 5.41) is 0. The number of hydrogen-bond donors (Lipinski definition) is 0. The smallest absolute Gasteiger partial charge is 0.339 e. The molecular formula is C21H23FN2O3. The number of ether oxygens (including phenoxy) is 1. The molecule has 1 fully saturated rings. The molecular weight excluding hydrogens is 347 g/mol. The summed E-state index contributed by atoms with van der Waals surface area (Å²) in [6.45, 7) is 5.83. The van der Waals surface area contributed by atoms with Crippen LogP contribution in [0.1, 0.15) is 22.8 Å². The number of hydrogen-bond acceptors (Lipinski definition) is 4. The number of amides is 1. The molecule has 0 aromatic heterocycles. The van der Waals surface area contributed by atoms with Gasteiger partial charge in [0.05, 0.1) is 5.56 Å². The van der Waals surface area contributed by atoms with Gasteiger partial charge in [0.25, 0.3) is 5.91 Å². The van der Waals surface area contributed by atoms with E-state index < -0.39 is 17.9 Å². The Labute approximate surface area is 158 Å². The van der Waals surface area contributed by atoms with E-state index >= 15 is 0 Å². The van der Waals surface area contributed by atoms with E-state index in [2.05, 4.69) is 4.90 Å². The highest BCUT2D eigenvalue weighted by Crippen LogP contribution is 2.17. The molecule has 27 heavy (non-hydrogen) atoms. The highest BCUT2D eigenvalue weighted by atomic mass is 19.1. The molecule has 1 amide bonds. The van der Waals surface area contributed by atoms with Crippen molar-refractivity contribution in [3.8, 4) is 0 Å². The lowest BCUT2D eigenvalue weighted by atomic mass is 10.1. The minimum Gasteiger partial charge on any atom is -0.449 e. The van der Waals surface area contributed by atoms with E-state index in [-0.39, 0.29) is 11.5 Å². The molecule has 1 heterocycles. The number of rotatable bonds is 4. The van der Waals surface area contributed by atoms with Crippen LogP contribution < -0.4 is 4.90 Å². The van der Waals surface area contributed by atoms with Gasteiger partial charge in [0, 0.05) is 31.9 Å². The van der Waals surface area contributed by atoms with Gasteiger partial charge in [-0.1, -0.05) is 24.3 Å². The number of nitrogens with zero attached hydrogens (tertiary/aromatic N) is 2. The maximum atomic E-state index is 13.4. The molecule has 2 aromatic rings. The molecule has 0 spiro atoms. The predicted octanol–water partition coefficient (Wildman–Crippen LogP) is 3.03. The van der Waals surface area contributed by atoms with Gasteiger partial charge in [0.2, 0.25) is 0 Å². The normalized spacial score (nSPS) is 15.4. The maximum absolute atomic E-state index is 13.4. The lowest BCUT2D eigenvalue weighted by Gasteiger charge is -2.37. The van der Waals surface area contributed by atoms with Gasteiger partial charge in [0.1, 0.15) is 5.82 Å². The number of benzene rings is 2. The van der Waals surface area contributed by atoms with Crippen LogP contribution in [0.4, 0.5) is 10.1 Å². The molecule has 1 atom stereocenters. The Bertz CT molecular complexity index is 817. The van der Waals surface area contributed by atoms with Crippen molar-refractivity contribution < 1.29 is 18.7 Å². The minimum atomic E-state index is -0.913. The number of esters is 1. The van der Waals surface area contributed by atoms with Crippen molar-refractivity contribution in [2.24, 2.45) is 0 Å². The van der Waals surface area contributed by atoms with Crippen LogP contribution in [0.25, 0.3) is 0 Å². The van der Waals surface area contributed by atoms with Gasteiger partial charge in [-0.2, -0.15) is 0 Å². The van der Waals surface area contributed by atoms with Crippen LogP contribution in [-0.2, 0) is 9.53 Å². The van der Waals surface area contributed by atoms with E-state index in [1.165, 1.54) is 12.1 Å². The maximum Gasteiger partial charge on any atom is 0.339 e. The molecule has 1 aliphatic rings. The van der Waals surface area contributed by atoms with Gasteiger partial charge < -0.3 is 14.5 Å². The molecule has 1 saturated heterocycles. The first-order valence-corrected chi connectivity index (χ1v) is 9.01. The molecule has 0 radical (unpaired) electrons. The molecule has 5 nitrogen and oxygen atoms in total. The summed E-state index contributed by atoms with van der Waals surface area (Å²) in [6, 6.07) is 14.0. The summed E-state index contributed by atoms with van der Waals surface area (Å²) in [4.78, 5) is 28.8. The second-order valence-electron chi connectivity index (χ2n) is 6.65. The molecule has 6 heteroatoms.